The number of benzene rings is 2. The molecule has 2 heterocycles. The predicted octanol–water partition coefficient (Wildman–Crippen LogP) is 5.42. The molecule has 1 saturated carbocycles. The molecule has 8 heteroatoms. The summed E-state index contributed by atoms with van der Waals surface area (Å²) < 4.78 is 13.1. The Kier molecular flexibility index (Phi) is 6.45. The molecule has 2 aromatic heterocycles. The maximum Gasteiger partial charge on any atom is 0.335 e. The number of hydrogen-bond donors (Lipinski definition) is 1. The molecule has 1 fully saturated rings. The molecule has 1 N–H and O–H groups in total. The summed E-state index contributed by atoms with van der Waals surface area (Å²) in [6, 6.07) is 15.6. The molecular weight excluding hydrogens is 456 g/mol. The molecule has 0 unspecified atom stereocenters. The average Bonchev–Trinajstić information content (AvgIpc) is 3.47. The highest BCUT2D eigenvalue weighted by molar-refractivity contribution is 5.89. The van der Waals surface area contributed by atoms with E-state index in [-0.39, 0.29) is 5.41 Å². The van der Waals surface area contributed by atoms with Gasteiger partial charge in [0.05, 0.1) is 18.7 Å². The van der Waals surface area contributed by atoms with E-state index in [0.717, 1.165) is 48.4 Å². The summed E-state index contributed by atoms with van der Waals surface area (Å²) in [6.07, 6.45) is 3.54. The summed E-state index contributed by atoms with van der Waals surface area (Å²) in [5.74, 6) is -0.0734. The van der Waals surface area contributed by atoms with Crippen LogP contribution in [0.4, 0.5) is 0 Å². The Balaban J connectivity index is 1.34. The highest BCUT2D eigenvalue weighted by Gasteiger charge is 2.38. The first-order valence-electron chi connectivity index (χ1n) is 12.3. The van der Waals surface area contributed by atoms with Gasteiger partial charge in [0, 0.05) is 23.3 Å². The van der Waals surface area contributed by atoms with Gasteiger partial charge in [0.2, 0.25) is 5.82 Å². The summed E-state index contributed by atoms with van der Waals surface area (Å²) in [5.41, 5.74) is 5.73. The van der Waals surface area contributed by atoms with E-state index in [1.165, 1.54) is 12.0 Å². The second-order valence-corrected chi connectivity index (χ2v) is 9.49. The van der Waals surface area contributed by atoms with Crippen LogP contribution in [0.5, 0.6) is 0 Å². The summed E-state index contributed by atoms with van der Waals surface area (Å²) in [5, 5.41) is 18.2. The summed E-state index contributed by atoms with van der Waals surface area (Å²) in [4.78, 5) is 16.1. The summed E-state index contributed by atoms with van der Waals surface area (Å²) >= 11 is 0. The monoisotopic (exact) mass is 486 g/mol. The molecule has 0 amide bonds. The Labute approximate surface area is 209 Å². The maximum absolute atomic E-state index is 11.5. The number of ether oxygens (including phenoxy) is 1. The number of hydrogen-bond acceptors (Lipinski definition) is 6. The third-order valence-electron chi connectivity index (χ3n) is 7.27. The van der Waals surface area contributed by atoms with Gasteiger partial charge in [0.1, 0.15) is 0 Å². The van der Waals surface area contributed by atoms with E-state index in [2.05, 4.69) is 27.4 Å². The van der Waals surface area contributed by atoms with Crippen LogP contribution in [0, 0.1) is 13.8 Å². The molecular formula is C28H30N4O4. The minimum absolute atomic E-state index is 0.129. The molecule has 0 atom stereocenters. The quantitative estimate of drug-likeness (QED) is 0.337. The van der Waals surface area contributed by atoms with Crippen LogP contribution in [0.2, 0.25) is 0 Å². The van der Waals surface area contributed by atoms with Crippen LogP contribution >= 0.6 is 0 Å². The van der Waals surface area contributed by atoms with Gasteiger partial charge < -0.3 is 14.4 Å². The lowest BCUT2D eigenvalue weighted by Gasteiger charge is -2.42. The van der Waals surface area contributed by atoms with Crippen molar-refractivity contribution < 1.29 is 19.2 Å². The van der Waals surface area contributed by atoms with Crippen LogP contribution in [0.1, 0.15) is 58.9 Å². The number of carboxylic acid groups (broad SMARTS) is 1. The van der Waals surface area contributed by atoms with Gasteiger partial charge >= 0.3 is 5.97 Å². The maximum atomic E-state index is 11.5. The third-order valence-corrected chi connectivity index (χ3v) is 7.27. The highest BCUT2D eigenvalue weighted by Crippen LogP contribution is 2.44. The van der Waals surface area contributed by atoms with Crippen molar-refractivity contribution in [3.63, 3.8) is 0 Å². The van der Waals surface area contributed by atoms with Gasteiger partial charge in [-0.25, -0.2) is 4.79 Å². The lowest BCUT2D eigenvalue weighted by molar-refractivity contribution is 0.0522. The molecule has 8 nitrogen and oxygen atoms in total. The summed E-state index contributed by atoms with van der Waals surface area (Å²) in [6.45, 7) is 7.74. The summed E-state index contributed by atoms with van der Waals surface area (Å²) in [7, 11) is 0. The van der Waals surface area contributed by atoms with E-state index in [4.69, 9.17) is 9.26 Å². The SMILES string of the molecule is CCOCC1(c2ccc(-c3noc(-c4cc(C)n(Cc5cccc(C(=O)O)c5C)n4)n3)cc2)CCC1. The molecule has 0 spiro atoms. The molecule has 2 aromatic carbocycles. The van der Waals surface area contributed by atoms with Crippen molar-refractivity contribution in [2.75, 3.05) is 13.2 Å². The smallest absolute Gasteiger partial charge is 0.335 e. The fourth-order valence-corrected chi connectivity index (χ4v) is 4.86. The molecule has 0 bridgehead atoms. The average molecular weight is 487 g/mol. The van der Waals surface area contributed by atoms with Crippen LogP contribution in [-0.2, 0) is 16.7 Å². The lowest BCUT2D eigenvalue weighted by Crippen LogP contribution is -2.39. The Hall–Kier alpha value is -3.78. The van der Waals surface area contributed by atoms with Gasteiger partial charge in [-0.15, -0.1) is 0 Å². The van der Waals surface area contributed by atoms with Crippen molar-refractivity contribution in [1.29, 1.82) is 0 Å². The number of aryl methyl sites for hydroxylation is 1. The van der Waals surface area contributed by atoms with Gasteiger partial charge in [-0.2, -0.15) is 10.1 Å². The molecule has 0 radical (unpaired) electrons. The van der Waals surface area contributed by atoms with E-state index in [1.54, 1.807) is 12.1 Å². The van der Waals surface area contributed by atoms with Crippen molar-refractivity contribution in [3.05, 3.63) is 76.5 Å². The van der Waals surface area contributed by atoms with E-state index in [1.807, 2.05) is 49.7 Å². The fraction of sp³-hybridized carbons (Fsp3) is 0.357. The molecule has 36 heavy (non-hydrogen) atoms. The van der Waals surface area contributed by atoms with Crippen molar-refractivity contribution in [2.24, 2.45) is 0 Å². The van der Waals surface area contributed by atoms with E-state index in [9.17, 15) is 9.90 Å². The Morgan fingerprint density at radius 2 is 1.94 bits per heavy atom. The second kappa shape index (κ2) is 9.70. The fourth-order valence-electron chi connectivity index (χ4n) is 4.86. The topological polar surface area (TPSA) is 103 Å². The van der Waals surface area contributed by atoms with Gasteiger partial charge in [-0.3, -0.25) is 4.68 Å². The van der Waals surface area contributed by atoms with E-state index >= 15 is 0 Å². The van der Waals surface area contributed by atoms with Gasteiger partial charge in [-0.05, 0) is 62.4 Å². The van der Waals surface area contributed by atoms with E-state index in [0.29, 0.717) is 29.5 Å². The lowest BCUT2D eigenvalue weighted by atomic mass is 9.65. The largest absolute Gasteiger partial charge is 0.478 e. The number of nitrogens with zero attached hydrogens (tertiary/aromatic N) is 4. The van der Waals surface area contributed by atoms with Crippen molar-refractivity contribution >= 4 is 5.97 Å². The zero-order valence-corrected chi connectivity index (χ0v) is 20.8. The van der Waals surface area contributed by atoms with Gasteiger partial charge in [-0.1, -0.05) is 48.0 Å². The standard InChI is InChI=1S/C28H30N4O4/c1-4-35-17-28(13-6-14-28)22-11-9-20(10-12-22)25-29-26(36-31-25)24-15-18(2)32(30-24)16-21-7-5-8-23(19(21)3)27(33)34/h5,7-12,15H,4,6,13-14,16-17H2,1-3H3,(H,33,34). The van der Waals surface area contributed by atoms with Crippen LogP contribution in [0.25, 0.3) is 23.0 Å². The van der Waals surface area contributed by atoms with Gasteiger partial charge in [0.25, 0.3) is 5.89 Å². The van der Waals surface area contributed by atoms with Crippen molar-refractivity contribution in [2.45, 2.75) is 52.0 Å². The van der Waals surface area contributed by atoms with Crippen molar-refractivity contribution in [1.82, 2.24) is 19.9 Å². The molecule has 4 aromatic rings. The van der Waals surface area contributed by atoms with Crippen LogP contribution in [0.15, 0.2) is 53.1 Å². The van der Waals surface area contributed by atoms with Crippen LogP contribution in [-0.4, -0.2) is 44.2 Å². The van der Waals surface area contributed by atoms with Gasteiger partial charge in [0.15, 0.2) is 5.69 Å². The predicted molar refractivity (Wildman–Crippen MR) is 135 cm³/mol. The normalized spacial score (nSPS) is 14.5. The number of rotatable bonds is 9. The first-order valence-corrected chi connectivity index (χ1v) is 12.3. The number of carboxylic acids is 1. The third kappa shape index (κ3) is 4.44. The zero-order valence-electron chi connectivity index (χ0n) is 20.8. The first kappa shape index (κ1) is 23.9. The first-order chi connectivity index (χ1) is 17.4. The minimum Gasteiger partial charge on any atom is -0.478 e. The molecule has 0 saturated heterocycles. The highest BCUT2D eigenvalue weighted by atomic mass is 16.5. The zero-order chi connectivity index (χ0) is 25.3. The molecule has 0 aliphatic heterocycles. The molecule has 1 aliphatic carbocycles. The van der Waals surface area contributed by atoms with Crippen LogP contribution < -0.4 is 0 Å². The molecule has 186 valence electrons. The van der Waals surface area contributed by atoms with Crippen molar-refractivity contribution in [3.8, 4) is 23.0 Å². The Morgan fingerprint density at radius 1 is 1.17 bits per heavy atom. The Morgan fingerprint density at radius 3 is 2.61 bits per heavy atom. The van der Waals surface area contributed by atoms with Crippen LogP contribution in [0.3, 0.4) is 0 Å². The number of aromatic carboxylic acids is 1. The number of aromatic nitrogens is 4. The minimum atomic E-state index is -0.934. The molecule has 5 rings (SSSR count). The molecule has 1 aliphatic rings. The second-order valence-electron chi connectivity index (χ2n) is 9.49. The number of carbonyl (C=O) groups is 1. The Bertz CT molecular complexity index is 1380. The van der Waals surface area contributed by atoms with E-state index < -0.39 is 5.97 Å².